The Morgan fingerprint density at radius 3 is 2.62 bits per heavy atom. The number of likely N-dealkylation sites (N-methyl/N-ethyl adjacent to an activating group) is 1. The number of alkyl halides is 2. The first kappa shape index (κ1) is 19.6. The van der Waals surface area contributed by atoms with Crippen molar-refractivity contribution in [2.45, 2.75) is 13.2 Å². The zero-order chi connectivity index (χ0) is 19.1. The highest BCUT2D eigenvalue weighted by Crippen LogP contribution is 2.29. The van der Waals surface area contributed by atoms with Crippen LogP contribution in [-0.4, -0.2) is 38.1 Å². The topological polar surface area (TPSA) is 50.8 Å². The van der Waals surface area contributed by atoms with Crippen LogP contribution < -0.4 is 14.8 Å². The molecule has 0 saturated heterocycles. The summed E-state index contributed by atoms with van der Waals surface area (Å²) in [6, 6.07) is 10.2. The van der Waals surface area contributed by atoms with Gasteiger partial charge in [-0.15, -0.1) is 0 Å². The number of anilines is 1. The normalized spacial score (nSPS) is 10.9. The van der Waals surface area contributed by atoms with Gasteiger partial charge >= 0.3 is 6.61 Å². The van der Waals surface area contributed by atoms with Crippen molar-refractivity contribution in [1.29, 1.82) is 0 Å². The van der Waals surface area contributed by atoms with Crippen LogP contribution in [0.3, 0.4) is 0 Å². The molecule has 0 fully saturated rings. The monoisotopic (exact) mass is 368 g/mol. The quantitative estimate of drug-likeness (QED) is 0.775. The van der Waals surface area contributed by atoms with Gasteiger partial charge in [-0.05, 0) is 42.9 Å². The fourth-order valence-electron chi connectivity index (χ4n) is 2.38. The molecule has 0 aliphatic rings. The van der Waals surface area contributed by atoms with Crippen LogP contribution in [0.15, 0.2) is 42.5 Å². The molecule has 5 nitrogen and oxygen atoms in total. The van der Waals surface area contributed by atoms with E-state index < -0.39 is 12.4 Å². The molecule has 2 aromatic carbocycles. The number of nitrogens with one attached hydrogen (secondary N) is 1. The fourth-order valence-corrected chi connectivity index (χ4v) is 2.38. The van der Waals surface area contributed by atoms with E-state index in [9.17, 15) is 18.0 Å². The number of hydrogen-bond donors (Lipinski definition) is 1. The number of amides is 1. The van der Waals surface area contributed by atoms with E-state index in [1.54, 1.807) is 30.1 Å². The predicted molar refractivity (Wildman–Crippen MR) is 91.0 cm³/mol. The minimum absolute atomic E-state index is 0.0576. The SMILES string of the molecule is COc1cc(CN(C)CC(=O)Nc2cccc(F)c2)ccc1OC(F)F. The molecule has 0 radical (unpaired) electrons. The molecule has 0 spiro atoms. The van der Waals surface area contributed by atoms with Crippen molar-refractivity contribution in [3.63, 3.8) is 0 Å². The molecule has 0 bridgehead atoms. The number of rotatable bonds is 8. The molecule has 2 aromatic rings. The van der Waals surface area contributed by atoms with Gasteiger partial charge in [0.2, 0.25) is 5.91 Å². The summed E-state index contributed by atoms with van der Waals surface area (Å²) in [6.45, 7) is -2.50. The summed E-state index contributed by atoms with van der Waals surface area (Å²) < 4.78 is 47.2. The van der Waals surface area contributed by atoms with E-state index in [0.717, 1.165) is 5.56 Å². The van der Waals surface area contributed by atoms with Gasteiger partial charge in [0, 0.05) is 12.2 Å². The summed E-state index contributed by atoms with van der Waals surface area (Å²) in [5.74, 6) is -0.616. The van der Waals surface area contributed by atoms with Crippen LogP contribution in [0, 0.1) is 5.82 Å². The van der Waals surface area contributed by atoms with Crippen molar-refractivity contribution in [3.8, 4) is 11.5 Å². The average molecular weight is 368 g/mol. The molecule has 26 heavy (non-hydrogen) atoms. The lowest BCUT2D eigenvalue weighted by molar-refractivity contribution is -0.117. The van der Waals surface area contributed by atoms with Crippen LogP contribution in [0.25, 0.3) is 0 Å². The molecule has 0 unspecified atom stereocenters. The molecule has 0 aromatic heterocycles. The van der Waals surface area contributed by atoms with Gasteiger partial charge in [0.05, 0.1) is 13.7 Å². The van der Waals surface area contributed by atoms with E-state index in [1.165, 1.54) is 31.4 Å². The molecule has 0 aliphatic heterocycles. The van der Waals surface area contributed by atoms with Crippen LogP contribution in [0.4, 0.5) is 18.9 Å². The summed E-state index contributed by atoms with van der Waals surface area (Å²) in [5.41, 5.74) is 1.13. The first-order valence-electron chi connectivity index (χ1n) is 7.73. The number of carbonyl (C=O) groups is 1. The first-order chi connectivity index (χ1) is 12.4. The fraction of sp³-hybridized carbons (Fsp3) is 0.278. The number of methoxy groups -OCH3 is 1. The van der Waals surface area contributed by atoms with Crippen molar-refractivity contribution < 1.29 is 27.4 Å². The highest BCUT2D eigenvalue weighted by atomic mass is 19.3. The first-order valence-corrected chi connectivity index (χ1v) is 7.73. The van der Waals surface area contributed by atoms with Gasteiger partial charge in [-0.25, -0.2) is 4.39 Å². The second-order valence-electron chi connectivity index (χ2n) is 5.59. The Morgan fingerprint density at radius 1 is 1.19 bits per heavy atom. The van der Waals surface area contributed by atoms with Crippen LogP contribution in [-0.2, 0) is 11.3 Å². The van der Waals surface area contributed by atoms with Gasteiger partial charge in [-0.3, -0.25) is 9.69 Å². The van der Waals surface area contributed by atoms with Gasteiger partial charge in [-0.2, -0.15) is 8.78 Å². The van der Waals surface area contributed by atoms with Crippen molar-refractivity contribution >= 4 is 11.6 Å². The van der Waals surface area contributed by atoms with Crippen LogP contribution in [0.2, 0.25) is 0 Å². The lowest BCUT2D eigenvalue weighted by Crippen LogP contribution is -2.29. The summed E-state index contributed by atoms with van der Waals surface area (Å²) in [7, 11) is 3.08. The number of ether oxygens (including phenoxy) is 2. The maximum atomic E-state index is 13.1. The summed E-state index contributed by atoms with van der Waals surface area (Å²) in [6.07, 6.45) is 0. The Morgan fingerprint density at radius 2 is 1.96 bits per heavy atom. The number of hydrogen-bond acceptors (Lipinski definition) is 4. The van der Waals surface area contributed by atoms with Crippen molar-refractivity contribution in [2.75, 3.05) is 26.0 Å². The molecule has 0 atom stereocenters. The predicted octanol–water partition coefficient (Wildman–Crippen LogP) is 3.51. The van der Waals surface area contributed by atoms with Crippen LogP contribution in [0.5, 0.6) is 11.5 Å². The van der Waals surface area contributed by atoms with E-state index in [-0.39, 0.29) is 24.0 Å². The van der Waals surface area contributed by atoms with E-state index in [4.69, 9.17) is 4.74 Å². The Labute approximate surface area is 149 Å². The number of halogens is 3. The molecule has 8 heteroatoms. The van der Waals surface area contributed by atoms with Gasteiger partial charge in [0.25, 0.3) is 0 Å². The standard InChI is InChI=1S/C18H19F3N2O3/c1-23(11-17(24)22-14-5-3-4-13(19)9-14)10-12-6-7-15(26-18(20)21)16(8-12)25-2/h3-9,18H,10-11H2,1-2H3,(H,22,24). The average Bonchev–Trinajstić information content (AvgIpc) is 2.55. The molecular weight excluding hydrogens is 349 g/mol. The van der Waals surface area contributed by atoms with Crippen molar-refractivity contribution in [2.24, 2.45) is 0 Å². The van der Waals surface area contributed by atoms with Crippen molar-refractivity contribution in [3.05, 3.63) is 53.8 Å². The zero-order valence-electron chi connectivity index (χ0n) is 14.3. The molecule has 2 rings (SSSR count). The van der Waals surface area contributed by atoms with E-state index in [1.807, 2.05) is 0 Å². The zero-order valence-corrected chi connectivity index (χ0v) is 14.3. The molecule has 140 valence electrons. The third kappa shape index (κ3) is 5.96. The number of carbonyl (C=O) groups excluding carboxylic acids is 1. The lowest BCUT2D eigenvalue weighted by atomic mass is 10.2. The highest BCUT2D eigenvalue weighted by Gasteiger charge is 2.13. The van der Waals surface area contributed by atoms with E-state index in [2.05, 4.69) is 10.1 Å². The Bertz CT molecular complexity index is 756. The molecule has 1 N–H and O–H groups in total. The Kier molecular flexibility index (Phi) is 6.85. The van der Waals surface area contributed by atoms with Crippen molar-refractivity contribution in [1.82, 2.24) is 4.90 Å². The van der Waals surface area contributed by atoms with E-state index in [0.29, 0.717) is 12.2 Å². The van der Waals surface area contributed by atoms with Gasteiger partial charge < -0.3 is 14.8 Å². The molecule has 0 aliphatic carbocycles. The van der Waals surface area contributed by atoms with Gasteiger partial charge in [0.15, 0.2) is 11.5 Å². The second kappa shape index (κ2) is 9.10. The molecule has 0 saturated carbocycles. The molecule has 0 heterocycles. The van der Waals surface area contributed by atoms with Crippen LogP contribution >= 0.6 is 0 Å². The Balaban J connectivity index is 1.94. The van der Waals surface area contributed by atoms with Gasteiger partial charge in [0.1, 0.15) is 5.82 Å². The van der Waals surface area contributed by atoms with Gasteiger partial charge in [-0.1, -0.05) is 12.1 Å². The largest absolute Gasteiger partial charge is 0.493 e. The highest BCUT2D eigenvalue weighted by molar-refractivity contribution is 5.92. The minimum Gasteiger partial charge on any atom is -0.493 e. The van der Waals surface area contributed by atoms with E-state index >= 15 is 0 Å². The minimum atomic E-state index is -2.94. The maximum absolute atomic E-state index is 13.1. The third-order valence-electron chi connectivity index (χ3n) is 3.42. The summed E-state index contributed by atoms with van der Waals surface area (Å²) >= 11 is 0. The lowest BCUT2D eigenvalue weighted by Gasteiger charge is -2.18. The number of nitrogens with zero attached hydrogens (tertiary/aromatic N) is 1. The third-order valence-corrected chi connectivity index (χ3v) is 3.42. The summed E-state index contributed by atoms with van der Waals surface area (Å²) in [5, 5.41) is 2.60. The van der Waals surface area contributed by atoms with Crippen LogP contribution in [0.1, 0.15) is 5.56 Å². The Hall–Kier alpha value is -2.74. The second-order valence-corrected chi connectivity index (χ2v) is 5.59. The smallest absolute Gasteiger partial charge is 0.387 e. The summed E-state index contributed by atoms with van der Waals surface area (Å²) in [4.78, 5) is 13.7. The number of benzene rings is 2. The molecular formula is C18H19F3N2O3. The molecule has 1 amide bonds. The maximum Gasteiger partial charge on any atom is 0.387 e.